The van der Waals surface area contributed by atoms with E-state index in [1.54, 1.807) is 0 Å². The fourth-order valence-electron chi connectivity index (χ4n) is 3.86. The molecular formula is C19H27N3O2. The number of piperidine rings is 1. The molecule has 0 aliphatic carbocycles. The monoisotopic (exact) mass is 329 g/mol. The summed E-state index contributed by atoms with van der Waals surface area (Å²) in [6.45, 7) is 11.5. The van der Waals surface area contributed by atoms with Crippen LogP contribution in [-0.2, 0) is 4.79 Å². The molecule has 0 radical (unpaired) electrons. The summed E-state index contributed by atoms with van der Waals surface area (Å²) in [5, 5.41) is 4.61. The van der Waals surface area contributed by atoms with Crippen LogP contribution in [0.5, 0.6) is 0 Å². The van der Waals surface area contributed by atoms with Gasteiger partial charge in [-0.1, -0.05) is 0 Å². The first-order valence-corrected chi connectivity index (χ1v) is 8.75. The number of amides is 1. The van der Waals surface area contributed by atoms with Crippen LogP contribution in [0.2, 0.25) is 0 Å². The number of hydrogen-bond donors (Lipinski definition) is 0. The Morgan fingerprint density at radius 2 is 2.04 bits per heavy atom. The summed E-state index contributed by atoms with van der Waals surface area (Å²) >= 11 is 0. The van der Waals surface area contributed by atoms with Gasteiger partial charge in [0.1, 0.15) is 11.5 Å². The Morgan fingerprint density at radius 1 is 1.29 bits per heavy atom. The summed E-state index contributed by atoms with van der Waals surface area (Å²) in [4.78, 5) is 15.0. The van der Waals surface area contributed by atoms with Crippen molar-refractivity contribution in [1.82, 2.24) is 14.7 Å². The van der Waals surface area contributed by atoms with E-state index in [1.165, 1.54) is 5.69 Å². The third kappa shape index (κ3) is 3.12. The van der Waals surface area contributed by atoms with Gasteiger partial charge in [-0.05, 0) is 59.6 Å². The zero-order valence-electron chi connectivity index (χ0n) is 15.3. The minimum absolute atomic E-state index is 0.165. The van der Waals surface area contributed by atoms with Crippen molar-refractivity contribution in [3.63, 3.8) is 0 Å². The van der Waals surface area contributed by atoms with E-state index in [1.807, 2.05) is 38.7 Å². The second-order valence-electron chi connectivity index (χ2n) is 7.04. The van der Waals surface area contributed by atoms with Crippen molar-refractivity contribution in [3.05, 3.63) is 40.6 Å². The van der Waals surface area contributed by atoms with E-state index in [2.05, 4.69) is 22.8 Å². The minimum atomic E-state index is -0.165. The maximum absolute atomic E-state index is 13.0. The smallest absolute Gasteiger partial charge is 0.230 e. The number of furan rings is 1. The van der Waals surface area contributed by atoms with Crippen LogP contribution in [0.4, 0.5) is 0 Å². The van der Waals surface area contributed by atoms with E-state index in [0.29, 0.717) is 0 Å². The maximum Gasteiger partial charge on any atom is 0.230 e. The van der Waals surface area contributed by atoms with Gasteiger partial charge in [-0.3, -0.25) is 9.48 Å². The summed E-state index contributed by atoms with van der Waals surface area (Å²) in [6, 6.07) is 4.36. The Balaban J connectivity index is 1.75. The van der Waals surface area contributed by atoms with Crippen LogP contribution in [0, 0.1) is 27.7 Å². The van der Waals surface area contributed by atoms with Gasteiger partial charge in [-0.25, -0.2) is 0 Å². The number of hydrogen-bond acceptors (Lipinski definition) is 3. The highest BCUT2D eigenvalue weighted by Crippen LogP contribution is 2.28. The number of likely N-dealkylation sites (tertiary alicyclic amines) is 1. The fraction of sp³-hybridized carbons (Fsp3) is 0.579. The third-order valence-corrected chi connectivity index (χ3v) is 5.01. The van der Waals surface area contributed by atoms with Crippen molar-refractivity contribution in [1.29, 1.82) is 0 Å². The fourth-order valence-corrected chi connectivity index (χ4v) is 3.86. The number of nitrogens with zero attached hydrogens (tertiary/aromatic N) is 3. The van der Waals surface area contributed by atoms with E-state index in [9.17, 15) is 4.79 Å². The molecule has 0 spiro atoms. The lowest BCUT2D eigenvalue weighted by Crippen LogP contribution is -2.43. The lowest BCUT2D eigenvalue weighted by atomic mass is 9.97. The molecule has 2 aromatic heterocycles. The summed E-state index contributed by atoms with van der Waals surface area (Å²) in [7, 11) is 0. The van der Waals surface area contributed by atoms with Crippen LogP contribution in [0.15, 0.2) is 16.5 Å². The Hall–Kier alpha value is -2.04. The highest BCUT2D eigenvalue weighted by atomic mass is 16.3. The normalized spacial score (nSPS) is 19.5. The first-order chi connectivity index (χ1) is 11.4. The van der Waals surface area contributed by atoms with E-state index in [0.717, 1.165) is 48.7 Å². The predicted molar refractivity (Wildman–Crippen MR) is 93.1 cm³/mol. The standard InChI is InChI=1S/C19H27N3O2/c1-12-9-13(2)22(20-12)17-7-6-8-21(11-17)19(23)15(4)18-10-14(3)24-16(18)5/h9-10,15,17H,6-8,11H2,1-5H3/t15-,17-/m1/s1. The molecule has 1 amide bonds. The van der Waals surface area contributed by atoms with Gasteiger partial charge < -0.3 is 9.32 Å². The van der Waals surface area contributed by atoms with Crippen molar-refractivity contribution in [2.45, 2.75) is 59.4 Å². The number of carbonyl (C=O) groups is 1. The first-order valence-electron chi connectivity index (χ1n) is 8.75. The molecule has 24 heavy (non-hydrogen) atoms. The van der Waals surface area contributed by atoms with E-state index in [-0.39, 0.29) is 17.9 Å². The van der Waals surface area contributed by atoms with Gasteiger partial charge in [0.25, 0.3) is 0 Å². The molecule has 5 heteroatoms. The number of rotatable bonds is 3. The second kappa shape index (κ2) is 6.46. The zero-order chi connectivity index (χ0) is 17.4. The molecule has 1 fully saturated rings. The Morgan fingerprint density at radius 3 is 2.62 bits per heavy atom. The molecule has 0 unspecified atom stereocenters. The van der Waals surface area contributed by atoms with E-state index < -0.39 is 0 Å². The van der Waals surface area contributed by atoms with Crippen LogP contribution in [0.3, 0.4) is 0 Å². The summed E-state index contributed by atoms with van der Waals surface area (Å²) in [5.41, 5.74) is 3.21. The average molecular weight is 329 g/mol. The summed E-state index contributed by atoms with van der Waals surface area (Å²) in [6.07, 6.45) is 2.09. The van der Waals surface area contributed by atoms with Crippen LogP contribution in [0.25, 0.3) is 0 Å². The molecule has 0 saturated carbocycles. The molecule has 2 atom stereocenters. The Labute approximate surface area is 143 Å². The largest absolute Gasteiger partial charge is 0.466 e. The Kier molecular flexibility index (Phi) is 4.52. The SMILES string of the molecule is Cc1cc(C)n([C@@H]2CCCN(C(=O)[C@H](C)c3cc(C)oc3C)C2)n1. The molecular weight excluding hydrogens is 302 g/mol. The molecule has 1 aliphatic rings. The van der Waals surface area contributed by atoms with Crippen molar-refractivity contribution in [3.8, 4) is 0 Å². The van der Waals surface area contributed by atoms with Crippen LogP contribution in [-0.4, -0.2) is 33.7 Å². The highest BCUT2D eigenvalue weighted by molar-refractivity contribution is 5.83. The van der Waals surface area contributed by atoms with Gasteiger partial charge in [0.15, 0.2) is 0 Å². The lowest BCUT2D eigenvalue weighted by Gasteiger charge is -2.35. The van der Waals surface area contributed by atoms with Crippen LogP contribution < -0.4 is 0 Å². The molecule has 0 N–H and O–H groups in total. The minimum Gasteiger partial charge on any atom is -0.466 e. The highest BCUT2D eigenvalue weighted by Gasteiger charge is 2.30. The molecule has 3 heterocycles. The second-order valence-corrected chi connectivity index (χ2v) is 7.04. The zero-order valence-corrected chi connectivity index (χ0v) is 15.3. The van der Waals surface area contributed by atoms with Crippen LogP contribution in [0.1, 0.15) is 60.2 Å². The van der Waals surface area contributed by atoms with Crippen LogP contribution >= 0.6 is 0 Å². The molecule has 2 aromatic rings. The average Bonchev–Trinajstić information content (AvgIpc) is 3.06. The molecule has 3 rings (SSSR count). The number of aryl methyl sites for hydroxylation is 4. The molecule has 0 bridgehead atoms. The van der Waals surface area contributed by atoms with Gasteiger partial charge >= 0.3 is 0 Å². The summed E-state index contributed by atoms with van der Waals surface area (Å²) < 4.78 is 7.69. The topological polar surface area (TPSA) is 51.3 Å². The molecule has 0 aromatic carbocycles. The number of aromatic nitrogens is 2. The quantitative estimate of drug-likeness (QED) is 0.863. The predicted octanol–water partition coefficient (Wildman–Crippen LogP) is 3.68. The van der Waals surface area contributed by atoms with Gasteiger partial charge in [-0.2, -0.15) is 5.10 Å². The molecule has 1 aliphatic heterocycles. The number of carbonyl (C=O) groups excluding carboxylic acids is 1. The first kappa shape index (κ1) is 16.8. The van der Waals surface area contributed by atoms with Gasteiger partial charge in [-0.15, -0.1) is 0 Å². The van der Waals surface area contributed by atoms with E-state index in [4.69, 9.17) is 4.42 Å². The van der Waals surface area contributed by atoms with Gasteiger partial charge in [0.2, 0.25) is 5.91 Å². The molecule has 130 valence electrons. The maximum atomic E-state index is 13.0. The van der Waals surface area contributed by atoms with Crippen molar-refractivity contribution < 1.29 is 9.21 Å². The van der Waals surface area contributed by atoms with Crippen molar-refractivity contribution >= 4 is 5.91 Å². The third-order valence-electron chi connectivity index (χ3n) is 5.01. The lowest BCUT2D eigenvalue weighted by molar-refractivity contribution is -0.134. The van der Waals surface area contributed by atoms with Gasteiger partial charge in [0.05, 0.1) is 17.7 Å². The summed E-state index contributed by atoms with van der Waals surface area (Å²) in [5.74, 6) is 1.73. The van der Waals surface area contributed by atoms with Crippen molar-refractivity contribution in [2.75, 3.05) is 13.1 Å². The van der Waals surface area contributed by atoms with Crippen molar-refractivity contribution in [2.24, 2.45) is 0 Å². The molecule has 5 nitrogen and oxygen atoms in total. The van der Waals surface area contributed by atoms with Gasteiger partial charge in [0, 0.05) is 24.3 Å². The Bertz CT molecular complexity index is 744. The molecule has 1 saturated heterocycles. The van der Waals surface area contributed by atoms with E-state index >= 15 is 0 Å².